The molecule has 2 heterocycles. The average molecular weight is 384 g/mol. The van der Waals surface area contributed by atoms with Crippen LogP contribution in [-0.2, 0) is 11.3 Å². The molecule has 0 radical (unpaired) electrons. The van der Waals surface area contributed by atoms with E-state index in [1.54, 1.807) is 37.1 Å². The van der Waals surface area contributed by atoms with Crippen molar-refractivity contribution in [2.45, 2.75) is 32.9 Å². The van der Waals surface area contributed by atoms with Crippen molar-refractivity contribution in [1.29, 1.82) is 0 Å². The van der Waals surface area contributed by atoms with E-state index in [2.05, 4.69) is 15.5 Å². The van der Waals surface area contributed by atoms with E-state index >= 15 is 0 Å². The molecule has 0 aliphatic carbocycles. The highest BCUT2D eigenvalue weighted by Crippen LogP contribution is 2.32. The zero-order valence-corrected chi connectivity index (χ0v) is 16.6. The second-order valence-corrected chi connectivity index (χ2v) is 7.31. The minimum Gasteiger partial charge on any atom is -0.493 e. The third kappa shape index (κ3) is 4.33. The summed E-state index contributed by atoms with van der Waals surface area (Å²) >= 11 is 0. The predicted molar refractivity (Wildman–Crippen MR) is 104 cm³/mol. The van der Waals surface area contributed by atoms with Gasteiger partial charge in [-0.2, -0.15) is 4.98 Å². The summed E-state index contributed by atoms with van der Waals surface area (Å²) in [6.07, 6.45) is 1.80. The van der Waals surface area contributed by atoms with E-state index in [4.69, 9.17) is 14.0 Å². The lowest BCUT2D eigenvalue weighted by molar-refractivity contribution is -0.123. The molecule has 0 aliphatic rings. The van der Waals surface area contributed by atoms with Crippen molar-refractivity contribution < 1.29 is 18.8 Å². The zero-order chi connectivity index (χ0) is 20.3. The molecule has 1 N–H and O–H groups in total. The summed E-state index contributed by atoms with van der Waals surface area (Å²) < 4.78 is 17.8. The van der Waals surface area contributed by atoms with Gasteiger partial charge in [0.05, 0.1) is 14.2 Å². The standard InChI is InChI=1S/C20H24N4O4/c1-20(2,3)22-17(25)12-24-10-6-7-14(24)19-21-18(23-28-19)13-8-9-15(26-4)16(11-13)27-5/h6-11H,12H2,1-5H3,(H,22,25). The van der Waals surface area contributed by atoms with E-state index in [-0.39, 0.29) is 18.0 Å². The van der Waals surface area contributed by atoms with E-state index < -0.39 is 0 Å². The van der Waals surface area contributed by atoms with Gasteiger partial charge in [0.2, 0.25) is 11.7 Å². The van der Waals surface area contributed by atoms with Crippen LogP contribution in [0.5, 0.6) is 11.5 Å². The third-order valence-electron chi connectivity index (χ3n) is 3.94. The highest BCUT2D eigenvalue weighted by Gasteiger charge is 2.18. The van der Waals surface area contributed by atoms with Gasteiger partial charge in [0, 0.05) is 17.3 Å². The Morgan fingerprint density at radius 3 is 2.61 bits per heavy atom. The molecule has 8 heteroatoms. The highest BCUT2D eigenvalue weighted by atomic mass is 16.5. The number of nitrogens with zero attached hydrogens (tertiary/aromatic N) is 3. The predicted octanol–water partition coefficient (Wildman–Crippen LogP) is 3.14. The minimum absolute atomic E-state index is 0.0930. The van der Waals surface area contributed by atoms with Crippen molar-refractivity contribution in [1.82, 2.24) is 20.0 Å². The quantitative estimate of drug-likeness (QED) is 0.702. The monoisotopic (exact) mass is 384 g/mol. The smallest absolute Gasteiger partial charge is 0.274 e. The van der Waals surface area contributed by atoms with Crippen LogP contribution in [0.4, 0.5) is 0 Å². The maximum absolute atomic E-state index is 12.2. The van der Waals surface area contributed by atoms with Gasteiger partial charge >= 0.3 is 0 Å². The number of nitrogens with one attached hydrogen (secondary N) is 1. The van der Waals surface area contributed by atoms with Crippen molar-refractivity contribution in [3.05, 3.63) is 36.5 Å². The molecule has 1 aromatic carbocycles. The first kappa shape index (κ1) is 19.5. The van der Waals surface area contributed by atoms with Gasteiger partial charge in [-0.05, 0) is 51.1 Å². The molecule has 148 valence electrons. The van der Waals surface area contributed by atoms with Gasteiger partial charge in [-0.1, -0.05) is 5.16 Å². The second kappa shape index (κ2) is 7.75. The SMILES string of the molecule is COc1ccc(-c2noc(-c3cccn3CC(=O)NC(C)(C)C)n2)cc1OC. The lowest BCUT2D eigenvalue weighted by Gasteiger charge is -2.20. The van der Waals surface area contributed by atoms with E-state index in [0.717, 1.165) is 5.56 Å². The molecule has 0 unspecified atom stereocenters. The Morgan fingerprint density at radius 2 is 1.93 bits per heavy atom. The number of hydrogen-bond acceptors (Lipinski definition) is 6. The molecule has 0 bridgehead atoms. The zero-order valence-electron chi connectivity index (χ0n) is 16.6. The molecule has 0 aliphatic heterocycles. The van der Waals surface area contributed by atoms with Crippen LogP contribution in [0.2, 0.25) is 0 Å². The fraction of sp³-hybridized carbons (Fsp3) is 0.350. The topological polar surface area (TPSA) is 91.4 Å². The van der Waals surface area contributed by atoms with Gasteiger partial charge in [-0.3, -0.25) is 4.79 Å². The Labute approximate surface area is 163 Å². The first-order chi connectivity index (χ1) is 13.3. The number of amides is 1. The average Bonchev–Trinajstić information content (AvgIpc) is 3.28. The van der Waals surface area contributed by atoms with Crippen LogP contribution in [0.25, 0.3) is 23.0 Å². The molecule has 8 nitrogen and oxygen atoms in total. The van der Waals surface area contributed by atoms with E-state index in [1.165, 1.54) is 0 Å². The summed E-state index contributed by atoms with van der Waals surface area (Å²) in [5.41, 5.74) is 1.11. The molecule has 0 saturated heterocycles. The van der Waals surface area contributed by atoms with Crippen molar-refractivity contribution >= 4 is 5.91 Å². The summed E-state index contributed by atoms with van der Waals surface area (Å²) in [5, 5.41) is 7.00. The highest BCUT2D eigenvalue weighted by molar-refractivity contribution is 5.77. The number of hydrogen-bond donors (Lipinski definition) is 1. The fourth-order valence-electron chi connectivity index (χ4n) is 2.78. The molecular formula is C20H24N4O4. The van der Waals surface area contributed by atoms with Crippen LogP contribution in [0.1, 0.15) is 20.8 Å². The van der Waals surface area contributed by atoms with E-state index in [0.29, 0.717) is 28.9 Å². The molecule has 3 aromatic rings. The first-order valence-electron chi connectivity index (χ1n) is 8.83. The summed E-state index contributed by atoms with van der Waals surface area (Å²) in [6, 6.07) is 9.05. The maximum atomic E-state index is 12.2. The Kier molecular flexibility index (Phi) is 5.39. The summed E-state index contributed by atoms with van der Waals surface area (Å²) in [4.78, 5) is 16.7. The van der Waals surface area contributed by atoms with Gasteiger partial charge in [-0.15, -0.1) is 0 Å². The number of rotatable bonds is 6. The number of benzene rings is 1. The Balaban J connectivity index is 1.84. The fourth-order valence-corrected chi connectivity index (χ4v) is 2.78. The minimum atomic E-state index is -0.296. The summed E-state index contributed by atoms with van der Waals surface area (Å²) in [6.45, 7) is 5.98. The largest absolute Gasteiger partial charge is 0.493 e. The van der Waals surface area contributed by atoms with Crippen LogP contribution < -0.4 is 14.8 Å². The second-order valence-electron chi connectivity index (χ2n) is 7.31. The number of ether oxygens (including phenoxy) is 2. The van der Waals surface area contributed by atoms with Gasteiger partial charge < -0.3 is 23.9 Å². The molecule has 0 saturated carbocycles. The number of carbonyl (C=O) groups excluding carboxylic acids is 1. The molecule has 3 rings (SSSR count). The van der Waals surface area contributed by atoms with Crippen LogP contribution in [-0.4, -0.2) is 40.4 Å². The Bertz CT molecular complexity index is 969. The van der Waals surface area contributed by atoms with Gasteiger partial charge in [0.15, 0.2) is 11.5 Å². The maximum Gasteiger partial charge on any atom is 0.274 e. The van der Waals surface area contributed by atoms with Crippen LogP contribution >= 0.6 is 0 Å². The number of aromatic nitrogens is 3. The van der Waals surface area contributed by atoms with Gasteiger partial charge in [0.1, 0.15) is 12.2 Å². The molecule has 0 fully saturated rings. The molecule has 0 atom stereocenters. The van der Waals surface area contributed by atoms with Crippen LogP contribution in [0.15, 0.2) is 41.1 Å². The van der Waals surface area contributed by atoms with Gasteiger partial charge in [-0.25, -0.2) is 0 Å². The normalized spacial score (nSPS) is 11.3. The van der Waals surface area contributed by atoms with E-state index in [9.17, 15) is 4.79 Å². The molecule has 2 aromatic heterocycles. The molecule has 1 amide bonds. The van der Waals surface area contributed by atoms with E-state index in [1.807, 2.05) is 39.0 Å². The molecular weight excluding hydrogens is 360 g/mol. The lowest BCUT2D eigenvalue weighted by atomic mass is 10.1. The van der Waals surface area contributed by atoms with Gasteiger partial charge in [0.25, 0.3) is 5.89 Å². The first-order valence-corrected chi connectivity index (χ1v) is 8.83. The Hall–Kier alpha value is -3.29. The third-order valence-corrected chi connectivity index (χ3v) is 3.94. The van der Waals surface area contributed by atoms with Crippen molar-refractivity contribution in [2.75, 3.05) is 14.2 Å². The van der Waals surface area contributed by atoms with Crippen LogP contribution in [0, 0.1) is 0 Å². The van der Waals surface area contributed by atoms with Crippen molar-refractivity contribution in [3.8, 4) is 34.5 Å². The lowest BCUT2D eigenvalue weighted by Crippen LogP contribution is -2.42. The Morgan fingerprint density at radius 1 is 1.18 bits per heavy atom. The van der Waals surface area contributed by atoms with Crippen LogP contribution in [0.3, 0.4) is 0 Å². The van der Waals surface area contributed by atoms with Crippen molar-refractivity contribution in [3.63, 3.8) is 0 Å². The summed E-state index contributed by atoms with van der Waals surface area (Å²) in [5.74, 6) is 1.85. The van der Waals surface area contributed by atoms with Crippen molar-refractivity contribution in [2.24, 2.45) is 0 Å². The number of carbonyl (C=O) groups is 1. The summed E-state index contributed by atoms with van der Waals surface area (Å²) in [7, 11) is 3.15. The molecule has 0 spiro atoms. The number of methoxy groups -OCH3 is 2. The molecule has 28 heavy (non-hydrogen) atoms.